The topological polar surface area (TPSA) is 132 Å². The van der Waals surface area contributed by atoms with Crippen LogP contribution in [0.4, 0.5) is 0 Å². The normalized spacial score (nSPS) is 10.9. The lowest BCUT2D eigenvalue weighted by atomic mass is 10.2. The summed E-state index contributed by atoms with van der Waals surface area (Å²) in [6, 6.07) is 0. The summed E-state index contributed by atoms with van der Waals surface area (Å²) in [5, 5.41) is 7.82. The fourth-order valence-electron chi connectivity index (χ4n) is 1.93. The number of carbonyl (C=O) groups excluding carboxylic acids is 4. The van der Waals surface area contributed by atoms with Gasteiger partial charge in [-0.05, 0) is 27.2 Å². The fraction of sp³-hybridized carbons (Fsp3) is 0.789. The molecule has 10 nitrogen and oxygen atoms in total. The number of carbonyl (C=O) groups is 4. The molecule has 29 heavy (non-hydrogen) atoms. The van der Waals surface area contributed by atoms with Crippen LogP contribution in [-0.4, -0.2) is 75.4 Å². The Labute approximate surface area is 172 Å². The predicted molar refractivity (Wildman–Crippen MR) is 106 cm³/mol. The van der Waals surface area contributed by atoms with Crippen molar-refractivity contribution in [3.05, 3.63) is 0 Å². The van der Waals surface area contributed by atoms with Crippen LogP contribution in [0.15, 0.2) is 0 Å². The summed E-state index contributed by atoms with van der Waals surface area (Å²) in [6.07, 6.45) is 1.57. The maximum Gasteiger partial charge on any atom is 0.315 e. The Balaban J connectivity index is 3.57. The molecule has 10 heteroatoms. The van der Waals surface area contributed by atoms with Gasteiger partial charge >= 0.3 is 5.97 Å². The Bertz CT molecular complexity index is 518. The lowest BCUT2D eigenvalue weighted by Gasteiger charge is -2.19. The largest absolute Gasteiger partial charge is 0.460 e. The van der Waals surface area contributed by atoms with Crippen LogP contribution in [0.2, 0.25) is 0 Å². The number of amides is 3. The van der Waals surface area contributed by atoms with Gasteiger partial charge in [-0.3, -0.25) is 19.2 Å². The summed E-state index contributed by atoms with van der Waals surface area (Å²) in [4.78, 5) is 46.0. The second kappa shape index (κ2) is 15.7. The van der Waals surface area contributed by atoms with Gasteiger partial charge in [-0.25, -0.2) is 0 Å². The summed E-state index contributed by atoms with van der Waals surface area (Å²) < 4.78 is 15.3. The number of unbranched alkanes of at least 4 members (excludes halogenated alkanes) is 1. The Morgan fingerprint density at radius 3 is 1.72 bits per heavy atom. The zero-order chi connectivity index (χ0) is 22.1. The van der Waals surface area contributed by atoms with Crippen molar-refractivity contribution in [2.45, 2.75) is 52.6 Å². The summed E-state index contributed by atoms with van der Waals surface area (Å²) in [7, 11) is 0. The fourth-order valence-corrected chi connectivity index (χ4v) is 1.93. The van der Waals surface area contributed by atoms with Gasteiger partial charge in [0.05, 0.1) is 13.2 Å². The van der Waals surface area contributed by atoms with E-state index in [4.69, 9.17) is 14.2 Å². The van der Waals surface area contributed by atoms with Crippen LogP contribution in [0.3, 0.4) is 0 Å². The molecule has 168 valence electrons. The van der Waals surface area contributed by atoms with Crippen molar-refractivity contribution in [1.82, 2.24) is 16.0 Å². The Morgan fingerprint density at radius 2 is 1.24 bits per heavy atom. The monoisotopic (exact) mass is 417 g/mol. The molecular weight excluding hydrogens is 382 g/mol. The van der Waals surface area contributed by atoms with Crippen LogP contribution in [0.25, 0.3) is 0 Å². The second-order valence-corrected chi connectivity index (χ2v) is 7.27. The van der Waals surface area contributed by atoms with Gasteiger partial charge in [0, 0.05) is 19.6 Å². The third-order valence-electron chi connectivity index (χ3n) is 3.18. The third kappa shape index (κ3) is 18.9. The van der Waals surface area contributed by atoms with Gasteiger partial charge in [0.15, 0.2) is 0 Å². The maximum atomic E-state index is 11.6. The number of hydrogen-bond acceptors (Lipinski definition) is 7. The molecule has 0 spiro atoms. The highest BCUT2D eigenvalue weighted by atomic mass is 16.6. The quantitative estimate of drug-likeness (QED) is 0.193. The standard InChI is InChI=1S/C19H35N3O7/c1-5-6-7-20-16(24)13-28-11-9-22-17(25)14-27-10-8-21-15(23)12-18(26)29-19(2,3)4/h5-14H2,1-4H3,(H,20,24)(H,21,23)(H,22,25). The molecule has 0 fully saturated rings. The van der Waals surface area contributed by atoms with Crippen molar-refractivity contribution in [2.24, 2.45) is 0 Å². The molecule has 0 aromatic carbocycles. The van der Waals surface area contributed by atoms with E-state index < -0.39 is 17.5 Å². The van der Waals surface area contributed by atoms with Crippen molar-refractivity contribution in [1.29, 1.82) is 0 Å². The van der Waals surface area contributed by atoms with E-state index in [1.54, 1.807) is 20.8 Å². The van der Waals surface area contributed by atoms with Gasteiger partial charge in [0.1, 0.15) is 25.2 Å². The van der Waals surface area contributed by atoms with E-state index in [1.165, 1.54) is 0 Å². The van der Waals surface area contributed by atoms with Crippen molar-refractivity contribution < 1.29 is 33.4 Å². The van der Waals surface area contributed by atoms with E-state index in [0.29, 0.717) is 6.54 Å². The highest BCUT2D eigenvalue weighted by molar-refractivity contribution is 5.94. The number of esters is 1. The third-order valence-corrected chi connectivity index (χ3v) is 3.18. The summed E-state index contributed by atoms with van der Waals surface area (Å²) in [6.45, 7) is 8.40. The molecular formula is C19H35N3O7. The van der Waals surface area contributed by atoms with E-state index in [2.05, 4.69) is 16.0 Å². The van der Waals surface area contributed by atoms with Crippen LogP contribution < -0.4 is 16.0 Å². The zero-order valence-corrected chi connectivity index (χ0v) is 17.9. The molecule has 3 N–H and O–H groups in total. The van der Waals surface area contributed by atoms with Crippen molar-refractivity contribution in [2.75, 3.05) is 46.1 Å². The average Bonchev–Trinajstić information content (AvgIpc) is 2.59. The zero-order valence-electron chi connectivity index (χ0n) is 17.9. The highest BCUT2D eigenvalue weighted by Crippen LogP contribution is 2.07. The van der Waals surface area contributed by atoms with E-state index >= 15 is 0 Å². The number of nitrogens with one attached hydrogen (secondary N) is 3. The molecule has 0 aliphatic carbocycles. The molecule has 0 heterocycles. The van der Waals surface area contributed by atoms with Gasteiger partial charge in [-0.2, -0.15) is 0 Å². The molecule has 0 aromatic rings. The van der Waals surface area contributed by atoms with E-state index in [-0.39, 0.29) is 57.8 Å². The first-order chi connectivity index (χ1) is 13.6. The second-order valence-electron chi connectivity index (χ2n) is 7.27. The Hall–Kier alpha value is -2.20. The van der Waals surface area contributed by atoms with Crippen LogP contribution in [-0.2, 0) is 33.4 Å². The molecule has 0 saturated heterocycles. The molecule has 3 amide bonds. The van der Waals surface area contributed by atoms with Gasteiger partial charge in [0.25, 0.3) is 0 Å². The Morgan fingerprint density at radius 1 is 0.759 bits per heavy atom. The number of ether oxygens (including phenoxy) is 3. The first-order valence-corrected chi connectivity index (χ1v) is 9.81. The minimum Gasteiger partial charge on any atom is -0.460 e. The van der Waals surface area contributed by atoms with Crippen molar-refractivity contribution >= 4 is 23.7 Å². The molecule has 0 rings (SSSR count). The van der Waals surface area contributed by atoms with Crippen molar-refractivity contribution in [3.63, 3.8) is 0 Å². The molecule has 0 bridgehead atoms. The molecule has 0 aromatic heterocycles. The van der Waals surface area contributed by atoms with E-state index in [1.807, 2.05) is 6.92 Å². The maximum absolute atomic E-state index is 11.6. The highest BCUT2D eigenvalue weighted by Gasteiger charge is 2.18. The van der Waals surface area contributed by atoms with Gasteiger partial charge in [-0.15, -0.1) is 0 Å². The summed E-state index contributed by atoms with van der Waals surface area (Å²) >= 11 is 0. The van der Waals surface area contributed by atoms with E-state index in [9.17, 15) is 19.2 Å². The van der Waals surface area contributed by atoms with E-state index in [0.717, 1.165) is 12.8 Å². The minimum absolute atomic E-state index is 0.0426. The SMILES string of the molecule is CCCCNC(=O)COCCNC(=O)COCCNC(=O)CC(=O)OC(C)(C)C. The van der Waals surface area contributed by atoms with Crippen LogP contribution >= 0.6 is 0 Å². The summed E-state index contributed by atoms with van der Waals surface area (Å²) in [5.41, 5.74) is -0.639. The first kappa shape index (κ1) is 26.8. The first-order valence-electron chi connectivity index (χ1n) is 9.81. The molecule has 0 aliphatic heterocycles. The number of hydrogen-bond donors (Lipinski definition) is 3. The number of rotatable bonds is 15. The average molecular weight is 418 g/mol. The Kier molecular flexibility index (Phi) is 14.5. The van der Waals surface area contributed by atoms with Crippen LogP contribution in [0.1, 0.15) is 47.0 Å². The minimum atomic E-state index is -0.639. The molecule has 0 radical (unpaired) electrons. The van der Waals surface area contributed by atoms with Crippen LogP contribution in [0, 0.1) is 0 Å². The predicted octanol–water partition coefficient (Wildman–Crippen LogP) is -0.0999. The van der Waals surface area contributed by atoms with Crippen molar-refractivity contribution in [3.8, 4) is 0 Å². The smallest absolute Gasteiger partial charge is 0.315 e. The lowest BCUT2D eigenvalue weighted by molar-refractivity contribution is -0.156. The molecule has 0 aliphatic rings. The van der Waals surface area contributed by atoms with Crippen LogP contribution in [0.5, 0.6) is 0 Å². The molecule has 0 saturated carbocycles. The van der Waals surface area contributed by atoms with Gasteiger partial charge in [-0.1, -0.05) is 13.3 Å². The molecule has 0 unspecified atom stereocenters. The summed E-state index contributed by atoms with van der Waals surface area (Å²) in [5.74, 6) is -1.58. The van der Waals surface area contributed by atoms with Gasteiger partial charge in [0.2, 0.25) is 17.7 Å². The molecule has 0 atom stereocenters. The van der Waals surface area contributed by atoms with Gasteiger partial charge < -0.3 is 30.2 Å². The lowest BCUT2D eigenvalue weighted by Crippen LogP contribution is -2.34.